The van der Waals surface area contributed by atoms with Gasteiger partial charge in [-0.25, -0.2) is 18.2 Å². The molecule has 1 aliphatic rings. The van der Waals surface area contributed by atoms with Crippen LogP contribution in [-0.4, -0.2) is 15.5 Å². The molecule has 0 radical (unpaired) electrons. The van der Waals surface area contributed by atoms with Crippen molar-refractivity contribution in [3.63, 3.8) is 0 Å². The molecule has 0 saturated carbocycles. The van der Waals surface area contributed by atoms with E-state index in [0.717, 1.165) is 24.5 Å². The molecule has 4 nitrogen and oxygen atoms in total. The number of carbonyl (C=O) groups excluding carboxylic acids is 1. The maximum atomic E-state index is 13.7. The standard InChI is InChI=1S/C29H32F3N3O/c1-19(9-10-22-21(3)25(13-14-29(22,4)5)35-16-15-33-18-35)7-6-8-20(2)17-26(36)34-28-24(31)12-11-23(30)27(28)32/h6-12,15-18,25H,13-14H2,1-5H3,(H,34,36)/b8-6+,10-9+,19-7+,20-17+. The molecule has 1 aromatic heterocycles. The molecule has 1 aromatic carbocycles. The van der Waals surface area contributed by atoms with E-state index in [2.05, 4.69) is 47.8 Å². The van der Waals surface area contributed by atoms with Crippen LogP contribution in [0.2, 0.25) is 0 Å². The zero-order chi connectivity index (χ0) is 26.5. The smallest absolute Gasteiger partial charge is 0.248 e. The minimum atomic E-state index is -1.43. The Bertz CT molecular complexity index is 1260. The normalized spacial score (nSPS) is 18.9. The number of halogens is 3. The van der Waals surface area contributed by atoms with E-state index in [1.165, 1.54) is 17.2 Å². The Hall–Kier alpha value is -3.61. The zero-order valence-corrected chi connectivity index (χ0v) is 21.3. The molecular formula is C29H32F3N3O. The minimum Gasteiger partial charge on any atom is -0.330 e. The first-order valence-corrected chi connectivity index (χ1v) is 11.8. The van der Waals surface area contributed by atoms with Crippen molar-refractivity contribution in [2.45, 2.75) is 53.5 Å². The fourth-order valence-electron chi connectivity index (χ4n) is 4.42. The van der Waals surface area contributed by atoms with Crippen LogP contribution in [0.3, 0.4) is 0 Å². The Labute approximate surface area is 210 Å². The van der Waals surface area contributed by atoms with Gasteiger partial charge in [-0.15, -0.1) is 0 Å². The summed E-state index contributed by atoms with van der Waals surface area (Å²) in [6.45, 7) is 10.4. The van der Waals surface area contributed by atoms with Gasteiger partial charge in [0.05, 0.1) is 12.4 Å². The molecule has 1 heterocycles. The highest BCUT2D eigenvalue weighted by Gasteiger charge is 2.32. The Morgan fingerprint density at radius 1 is 1.14 bits per heavy atom. The van der Waals surface area contributed by atoms with Crippen molar-refractivity contribution >= 4 is 11.6 Å². The predicted molar refractivity (Wildman–Crippen MR) is 138 cm³/mol. The van der Waals surface area contributed by atoms with Crippen LogP contribution < -0.4 is 5.32 Å². The molecule has 0 bridgehead atoms. The molecular weight excluding hydrogens is 463 g/mol. The van der Waals surface area contributed by atoms with Crippen LogP contribution in [0.5, 0.6) is 0 Å². The van der Waals surface area contributed by atoms with Gasteiger partial charge in [-0.05, 0) is 67.9 Å². The average molecular weight is 496 g/mol. The van der Waals surface area contributed by atoms with Gasteiger partial charge in [0.1, 0.15) is 11.5 Å². The van der Waals surface area contributed by atoms with E-state index in [-0.39, 0.29) is 5.41 Å². The van der Waals surface area contributed by atoms with Crippen molar-refractivity contribution in [3.05, 3.63) is 107 Å². The zero-order valence-electron chi connectivity index (χ0n) is 21.3. The second-order valence-electron chi connectivity index (χ2n) is 9.74. The monoisotopic (exact) mass is 495 g/mol. The summed E-state index contributed by atoms with van der Waals surface area (Å²) in [4.78, 5) is 16.3. The summed E-state index contributed by atoms with van der Waals surface area (Å²) < 4.78 is 42.9. The van der Waals surface area contributed by atoms with Gasteiger partial charge in [0.25, 0.3) is 0 Å². The summed E-state index contributed by atoms with van der Waals surface area (Å²) in [6.07, 6.45) is 18.7. The van der Waals surface area contributed by atoms with Crippen LogP contribution in [0, 0.1) is 22.9 Å². The van der Waals surface area contributed by atoms with Gasteiger partial charge in [-0.2, -0.15) is 0 Å². The lowest BCUT2D eigenvalue weighted by Crippen LogP contribution is -2.25. The first kappa shape index (κ1) is 27.0. The van der Waals surface area contributed by atoms with E-state index in [1.807, 2.05) is 25.5 Å². The molecule has 0 fully saturated rings. The van der Waals surface area contributed by atoms with Crippen molar-refractivity contribution in [1.82, 2.24) is 9.55 Å². The van der Waals surface area contributed by atoms with E-state index >= 15 is 0 Å². The van der Waals surface area contributed by atoms with E-state index in [0.29, 0.717) is 17.7 Å². The number of benzene rings is 1. The molecule has 1 aliphatic carbocycles. The van der Waals surface area contributed by atoms with Crippen LogP contribution in [0.25, 0.3) is 0 Å². The number of carbonyl (C=O) groups is 1. The van der Waals surface area contributed by atoms with Crippen molar-refractivity contribution in [2.24, 2.45) is 5.41 Å². The second kappa shape index (κ2) is 11.4. The molecule has 1 amide bonds. The molecule has 0 spiro atoms. The summed E-state index contributed by atoms with van der Waals surface area (Å²) in [7, 11) is 0. The van der Waals surface area contributed by atoms with E-state index in [9.17, 15) is 18.0 Å². The van der Waals surface area contributed by atoms with Crippen molar-refractivity contribution < 1.29 is 18.0 Å². The molecule has 7 heteroatoms. The summed E-state index contributed by atoms with van der Waals surface area (Å²) in [5, 5.41) is 2.05. The number of rotatable bonds is 7. The lowest BCUT2D eigenvalue weighted by atomic mass is 9.71. The Balaban J connectivity index is 1.68. The quantitative estimate of drug-likeness (QED) is 0.244. The Kier molecular flexibility index (Phi) is 8.56. The average Bonchev–Trinajstić information content (AvgIpc) is 3.33. The third kappa shape index (κ3) is 6.53. The van der Waals surface area contributed by atoms with Crippen LogP contribution >= 0.6 is 0 Å². The van der Waals surface area contributed by atoms with E-state index in [1.54, 1.807) is 25.3 Å². The fourth-order valence-corrected chi connectivity index (χ4v) is 4.42. The topological polar surface area (TPSA) is 46.9 Å². The number of imidazole rings is 1. The van der Waals surface area contributed by atoms with Gasteiger partial charge >= 0.3 is 0 Å². The molecule has 190 valence electrons. The summed E-state index contributed by atoms with van der Waals surface area (Å²) in [5.74, 6) is -4.47. The third-order valence-corrected chi connectivity index (χ3v) is 6.46. The lowest BCUT2D eigenvalue weighted by Gasteiger charge is -2.37. The molecule has 2 aromatic rings. The van der Waals surface area contributed by atoms with Gasteiger partial charge in [0, 0.05) is 18.5 Å². The molecule has 1 atom stereocenters. The van der Waals surface area contributed by atoms with Gasteiger partial charge in [-0.1, -0.05) is 49.8 Å². The highest BCUT2D eigenvalue weighted by atomic mass is 19.2. The molecule has 3 rings (SSSR count). The number of hydrogen-bond acceptors (Lipinski definition) is 2. The predicted octanol–water partition coefficient (Wildman–Crippen LogP) is 7.62. The number of allylic oxidation sites excluding steroid dienone is 9. The molecule has 1 unspecified atom stereocenters. The largest absolute Gasteiger partial charge is 0.330 e. The third-order valence-electron chi connectivity index (χ3n) is 6.46. The summed E-state index contributed by atoms with van der Waals surface area (Å²) in [5.41, 5.74) is 3.50. The van der Waals surface area contributed by atoms with Crippen LogP contribution in [0.15, 0.2) is 89.6 Å². The summed E-state index contributed by atoms with van der Waals surface area (Å²) >= 11 is 0. The Morgan fingerprint density at radius 3 is 2.56 bits per heavy atom. The van der Waals surface area contributed by atoms with Crippen LogP contribution in [-0.2, 0) is 4.79 Å². The lowest BCUT2D eigenvalue weighted by molar-refractivity contribution is -0.112. The molecule has 0 aliphatic heterocycles. The number of nitrogens with zero attached hydrogens (tertiary/aromatic N) is 2. The Morgan fingerprint density at radius 2 is 1.86 bits per heavy atom. The van der Waals surface area contributed by atoms with Gasteiger partial charge < -0.3 is 9.88 Å². The second-order valence-corrected chi connectivity index (χ2v) is 9.74. The first-order chi connectivity index (χ1) is 17.0. The molecule has 1 N–H and O–H groups in total. The van der Waals surface area contributed by atoms with E-state index < -0.39 is 29.0 Å². The first-order valence-electron chi connectivity index (χ1n) is 11.8. The van der Waals surface area contributed by atoms with Crippen LogP contribution in [0.1, 0.15) is 53.5 Å². The highest BCUT2D eigenvalue weighted by molar-refractivity contribution is 6.00. The molecule has 36 heavy (non-hydrogen) atoms. The van der Waals surface area contributed by atoms with Crippen molar-refractivity contribution in [2.75, 3.05) is 5.32 Å². The number of aromatic nitrogens is 2. The van der Waals surface area contributed by atoms with Gasteiger partial charge in [0.2, 0.25) is 5.91 Å². The van der Waals surface area contributed by atoms with Crippen LogP contribution in [0.4, 0.5) is 18.9 Å². The maximum absolute atomic E-state index is 13.7. The summed E-state index contributed by atoms with van der Waals surface area (Å²) in [6, 6.07) is 1.73. The van der Waals surface area contributed by atoms with Crippen molar-refractivity contribution in [3.8, 4) is 0 Å². The fraction of sp³-hybridized carbons (Fsp3) is 0.310. The number of hydrogen-bond donors (Lipinski definition) is 1. The number of amides is 1. The maximum Gasteiger partial charge on any atom is 0.248 e. The molecule has 0 saturated heterocycles. The highest BCUT2D eigenvalue weighted by Crippen LogP contribution is 2.45. The van der Waals surface area contributed by atoms with Crippen molar-refractivity contribution in [1.29, 1.82) is 0 Å². The number of nitrogens with one attached hydrogen (secondary N) is 1. The SMILES string of the molecule is CC1=C(/C=C/C(C)=C/C=C/C(C)=C/C(=O)Nc2c(F)ccc(F)c2F)C(C)(C)CCC1n1ccnc1. The van der Waals surface area contributed by atoms with Gasteiger partial charge in [-0.3, -0.25) is 4.79 Å². The number of anilines is 1. The minimum absolute atomic E-state index is 0.0705. The van der Waals surface area contributed by atoms with Gasteiger partial charge in [0.15, 0.2) is 11.6 Å². The van der Waals surface area contributed by atoms with E-state index in [4.69, 9.17) is 0 Å².